The molecule has 0 radical (unpaired) electrons. The third-order valence-electron chi connectivity index (χ3n) is 4.78. The highest BCUT2D eigenvalue weighted by Crippen LogP contribution is 2.30. The maximum Gasteiger partial charge on any atom is 0.259 e. The minimum atomic E-state index is -0.281. The molecule has 1 atom stereocenters. The van der Waals surface area contributed by atoms with Crippen LogP contribution in [0.5, 0.6) is 0 Å². The van der Waals surface area contributed by atoms with Crippen LogP contribution in [0, 0.1) is 5.92 Å². The lowest BCUT2D eigenvalue weighted by atomic mass is 10.1. The van der Waals surface area contributed by atoms with Gasteiger partial charge < -0.3 is 10.1 Å². The molecule has 1 aromatic carbocycles. The molecule has 1 saturated heterocycles. The van der Waals surface area contributed by atoms with E-state index in [9.17, 15) is 9.59 Å². The maximum atomic E-state index is 12.5. The molecule has 0 aliphatic carbocycles. The van der Waals surface area contributed by atoms with Crippen LogP contribution in [0.15, 0.2) is 43.1 Å². The summed E-state index contributed by atoms with van der Waals surface area (Å²) in [5.74, 6) is 0.547. The Balaban J connectivity index is 1.42. The number of carbonyl (C=O) groups excluding carboxylic acids is 2. The molecular weight excluding hydrogens is 332 g/mol. The summed E-state index contributed by atoms with van der Waals surface area (Å²) in [6, 6.07) is 9.00. The van der Waals surface area contributed by atoms with Gasteiger partial charge in [-0.1, -0.05) is 24.8 Å². The largest absolute Gasteiger partial charge is 0.381 e. The van der Waals surface area contributed by atoms with Crippen molar-refractivity contribution in [2.75, 3.05) is 25.1 Å². The molecule has 0 bridgehead atoms. The second kappa shape index (κ2) is 6.76. The predicted molar refractivity (Wildman–Crippen MR) is 96.3 cm³/mol. The van der Waals surface area contributed by atoms with Crippen molar-refractivity contribution < 1.29 is 14.3 Å². The van der Waals surface area contributed by atoms with Crippen molar-refractivity contribution in [1.82, 2.24) is 14.7 Å². The molecule has 1 fully saturated rings. The van der Waals surface area contributed by atoms with Crippen LogP contribution in [0.3, 0.4) is 0 Å². The van der Waals surface area contributed by atoms with Gasteiger partial charge in [0, 0.05) is 42.0 Å². The zero-order chi connectivity index (χ0) is 18.1. The maximum absolute atomic E-state index is 12.5. The molecule has 1 N–H and O–H groups in total. The Kier molecular flexibility index (Phi) is 4.30. The van der Waals surface area contributed by atoms with E-state index in [-0.39, 0.29) is 18.4 Å². The number of nitrogens with one attached hydrogen (secondary N) is 1. The van der Waals surface area contributed by atoms with Crippen LogP contribution in [0.25, 0.3) is 5.70 Å². The van der Waals surface area contributed by atoms with Crippen molar-refractivity contribution in [1.29, 1.82) is 0 Å². The number of aromatic nitrogens is 2. The van der Waals surface area contributed by atoms with E-state index < -0.39 is 0 Å². The van der Waals surface area contributed by atoms with Gasteiger partial charge in [-0.15, -0.1) is 0 Å². The van der Waals surface area contributed by atoms with Gasteiger partial charge in [0.1, 0.15) is 12.4 Å². The average molecular weight is 352 g/mol. The van der Waals surface area contributed by atoms with Crippen LogP contribution in [0.1, 0.15) is 22.3 Å². The first-order valence-corrected chi connectivity index (χ1v) is 8.63. The van der Waals surface area contributed by atoms with Crippen molar-refractivity contribution >= 4 is 23.3 Å². The molecule has 0 spiro atoms. The van der Waals surface area contributed by atoms with Crippen LogP contribution in [0.2, 0.25) is 0 Å². The average Bonchev–Trinajstić information content (AvgIpc) is 3.35. The first-order valence-electron chi connectivity index (χ1n) is 8.63. The Morgan fingerprint density at radius 3 is 2.85 bits per heavy atom. The number of carbonyl (C=O) groups is 2. The van der Waals surface area contributed by atoms with E-state index in [1.807, 2.05) is 12.1 Å². The quantitative estimate of drug-likeness (QED) is 0.893. The Morgan fingerprint density at radius 1 is 1.31 bits per heavy atom. The zero-order valence-electron chi connectivity index (χ0n) is 14.4. The number of ether oxygens (including phenoxy) is 1. The molecule has 4 rings (SSSR count). The number of fused-ring (bicyclic) bond motifs is 1. The lowest BCUT2D eigenvalue weighted by molar-refractivity contribution is -0.116. The van der Waals surface area contributed by atoms with E-state index in [1.54, 1.807) is 29.1 Å². The first kappa shape index (κ1) is 16.5. The van der Waals surface area contributed by atoms with Gasteiger partial charge in [0.15, 0.2) is 0 Å². The van der Waals surface area contributed by atoms with Gasteiger partial charge in [-0.2, -0.15) is 5.10 Å². The van der Waals surface area contributed by atoms with Crippen molar-refractivity contribution in [3.8, 4) is 0 Å². The topological polar surface area (TPSA) is 76.5 Å². The Labute approximate surface area is 151 Å². The summed E-state index contributed by atoms with van der Waals surface area (Å²) in [4.78, 5) is 26.4. The zero-order valence-corrected chi connectivity index (χ0v) is 14.4. The van der Waals surface area contributed by atoms with Crippen LogP contribution in [-0.4, -0.2) is 46.3 Å². The third-order valence-corrected chi connectivity index (χ3v) is 4.78. The predicted octanol–water partition coefficient (Wildman–Crippen LogP) is 1.98. The van der Waals surface area contributed by atoms with Gasteiger partial charge in [-0.25, -0.2) is 4.68 Å². The van der Waals surface area contributed by atoms with Gasteiger partial charge in [0.2, 0.25) is 5.91 Å². The number of hydrogen-bond donors (Lipinski definition) is 1. The van der Waals surface area contributed by atoms with Gasteiger partial charge in [0.05, 0.1) is 12.8 Å². The van der Waals surface area contributed by atoms with E-state index in [0.717, 1.165) is 18.6 Å². The van der Waals surface area contributed by atoms with E-state index in [2.05, 4.69) is 17.0 Å². The van der Waals surface area contributed by atoms with Crippen molar-refractivity contribution in [3.63, 3.8) is 0 Å². The normalized spacial score (nSPS) is 19.1. The highest BCUT2D eigenvalue weighted by atomic mass is 16.5. The lowest BCUT2D eigenvalue weighted by Gasteiger charge is -2.17. The lowest BCUT2D eigenvalue weighted by Crippen LogP contribution is -2.33. The van der Waals surface area contributed by atoms with E-state index >= 15 is 0 Å². The van der Waals surface area contributed by atoms with Crippen LogP contribution < -0.4 is 5.32 Å². The SMILES string of the molecule is C=C1c2ccccc2C(=O)N1CC(=O)Nc1ccnn1C[C@@H]1CCOC1. The van der Waals surface area contributed by atoms with Gasteiger partial charge in [-0.05, 0) is 12.5 Å². The van der Waals surface area contributed by atoms with Gasteiger partial charge in [-0.3, -0.25) is 14.5 Å². The minimum absolute atomic E-state index is 0.0793. The molecule has 134 valence electrons. The molecule has 26 heavy (non-hydrogen) atoms. The Morgan fingerprint density at radius 2 is 2.12 bits per heavy atom. The van der Waals surface area contributed by atoms with Gasteiger partial charge >= 0.3 is 0 Å². The van der Waals surface area contributed by atoms with Crippen LogP contribution in [0.4, 0.5) is 5.82 Å². The molecule has 2 amide bonds. The number of nitrogens with zero attached hydrogens (tertiary/aromatic N) is 3. The Hall–Kier alpha value is -2.93. The van der Waals surface area contributed by atoms with Crippen molar-refractivity contribution in [3.05, 3.63) is 54.2 Å². The molecule has 7 heteroatoms. The fourth-order valence-electron chi connectivity index (χ4n) is 3.38. The number of benzene rings is 1. The molecule has 2 aliphatic rings. The summed E-state index contributed by atoms with van der Waals surface area (Å²) in [7, 11) is 0. The molecule has 2 aliphatic heterocycles. The second-order valence-electron chi connectivity index (χ2n) is 6.56. The monoisotopic (exact) mass is 352 g/mol. The number of anilines is 1. The summed E-state index contributed by atoms with van der Waals surface area (Å²) < 4.78 is 7.16. The van der Waals surface area contributed by atoms with Crippen LogP contribution in [-0.2, 0) is 16.1 Å². The number of rotatable bonds is 5. The van der Waals surface area contributed by atoms with Crippen molar-refractivity contribution in [2.24, 2.45) is 5.92 Å². The Bertz CT molecular complexity index is 832. The summed E-state index contributed by atoms with van der Waals surface area (Å²) in [5, 5.41) is 7.12. The molecular formula is C19H20N4O3. The standard InChI is InChI=1S/C19H20N4O3/c1-13-15-4-2-3-5-16(15)19(25)22(13)11-18(24)21-17-6-8-20-23(17)10-14-7-9-26-12-14/h2-6,8,14H,1,7,9-12H2,(H,21,24)/t14-/m0/s1. The van der Waals surface area contributed by atoms with E-state index in [1.165, 1.54) is 4.90 Å². The molecule has 1 aromatic heterocycles. The molecule has 0 unspecified atom stereocenters. The third kappa shape index (κ3) is 3.01. The fraction of sp³-hybridized carbons (Fsp3) is 0.316. The summed E-state index contributed by atoms with van der Waals surface area (Å²) >= 11 is 0. The number of amides is 2. The first-order chi connectivity index (χ1) is 12.6. The van der Waals surface area contributed by atoms with Crippen molar-refractivity contribution in [2.45, 2.75) is 13.0 Å². The summed E-state index contributed by atoms with van der Waals surface area (Å²) in [6.45, 7) is 6.06. The smallest absolute Gasteiger partial charge is 0.259 e. The van der Waals surface area contributed by atoms with E-state index in [4.69, 9.17) is 4.74 Å². The second-order valence-corrected chi connectivity index (χ2v) is 6.56. The highest BCUT2D eigenvalue weighted by Gasteiger charge is 2.32. The number of hydrogen-bond acceptors (Lipinski definition) is 4. The molecule has 0 saturated carbocycles. The highest BCUT2D eigenvalue weighted by molar-refractivity contribution is 6.11. The molecule has 7 nitrogen and oxygen atoms in total. The summed E-state index contributed by atoms with van der Waals surface area (Å²) in [5.41, 5.74) is 1.91. The molecule has 3 heterocycles. The summed E-state index contributed by atoms with van der Waals surface area (Å²) in [6.07, 6.45) is 2.65. The minimum Gasteiger partial charge on any atom is -0.381 e. The van der Waals surface area contributed by atoms with E-state index in [0.29, 0.717) is 36.1 Å². The van der Waals surface area contributed by atoms with Gasteiger partial charge in [0.25, 0.3) is 5.91 Å². The fourth-order valence-corrected chi connectivity index (χ4v) is 3.38. The van der Waals surface area contributed by atoms with Crippen LogP contribution >= 0.6 is 0 Å². The molecule has 2 aromatic rings.